The van der Waals surface area contributed by atoms with Crippen molar-refractivity contribution in [1.29, 1.82) is 0 Å². The van der Waals surface area contributed by atoms with Crippen molar-refractivity contribution in [2.24, 2.45) is 0 Å². The van der Waals surface area contributed by atoms with E-state index < -0.39 is 12.1 Å². The van der Waals surface area contributed by atoms with E-state index in [9.17, 15) is 9.59 Å². The fraction of sp³-hybridized carbons (Fsp3) is 0.304. The van der Waals surface area contributed by atoms with Crippen LogP contribution in [0.25, 0.3) is 22.2 Å². The number of benzene rings is 2. The molecule has 6 nitrogen and oxygen atoms in total. The molecule has 0 saturated carbocycles. The van der Waals surface area contributed by atoms with Gasteiger partial charge in [-0.2, -0.15) is 6.41 Å². The average molecular weight is 484 g/mol. The van der Waals surface area contributed by atoms with Gasteiger partial charge < -0.3 is 25.5 Å². The van der Waals surface area contributed by atoms with Crippen LogP contribution in [0.15, 0.2) is 54.6 Å². The van der Waals surface area contributed by atoms with Crippen LogP contribution in [0.1, 0.15) is 27.7 Å². The Labute approximate surface area is 203 Å². The van der Waals surface area contributed by atoms with E-state index in [4.69, 9.17) is 5.11 Å². The number of rotatable bonds is 3. The van der Waals surface area contributed by atoms with Gasteiger partial charge in [0.25, 0.3) is 0 Å². The maximum atomic E-state index is 10.7. The first-order valence-electron chi connectivity index (χ1n) is 9.83. The molecule has 2 heterocycles. The fourth-order valence-electron chi connectivity index (χ4n) is 2.58. The van der Waals surface area contributed by atoms with E-state index in [1.807, 2.05) is 58.0 Å². The molecular weight excluding hydrogens is 455 g/mol. The minimum absolute atomic E-state index is 0. The van der Waals surface area contributed by atoms with Gasteiger partial charge in [-0.1, -0.05) is 75.7 Å². The van der Waals surface area contributed by atoms with Crippen LogP contribution in [-0.4, -0.2) is 41.1 Å². The molecule has 1 aromatic heterocycles. The molecule has 159 valence electrons. The Morgan fingerprint density at radius 3 is 2.17 bits per heavy atom. The Bertz CT molecular complexity index is 835. The van der Waals surface area contributed by atoms with E-state index in [-0.39, 0.29) is 45.2 Å². The summed E-state index contributed by atoms with van der Waals surface area (Å²) in [4.78, 5) is 23.7. The second kappa shape index (κ2) is 15.8. The fourth-order valence-corrected chi connectivity index (χ4v) is 2.58. The van der Waals surface area contributed by atoms with E-state index in [0.717, 1.165) is 16.6 Å². The van der Waals surface area contributed by atoms with Gasteiger partial charge in [0.05, 0.1) is 6.10 Å². The summed E-state index contributed by atoms with van der Waals surface area (Å²) < 4.78 is 0. The maximum Gasteiger partial charge on any atom is 0.242 e. The number of hydrogen-bond acceptors (Lipinski definition) is 3. The molecule has 30 heavy (non-hydrogen) atoms. The average Bonchev–Trinajstić information content (AvgIpc) is 3.36. The van der Waals surface area contributed by atoms with Crippen molar-refractivity contribution in [3.05, 3.63) is 60.7 Å². The molecule has 7 heteroatoms. The Hall–Kier alpha value is -2.02. The molecule has 4 rings (SSSR count). The van der Waals surface area contributed by atoms with Gasteiger partial charge in [0.15, 0.2) is 0 Å². The Morgan fingerprint density at radius 2 is 1.63 bits per heavy atom. The molecule has 1 aliphatic rings. The topological polar surface area (TPSA) is 94.2 Å². The first-order valence-corrected chi connectivity index (χ1v) is 9.83. The first-order chi connectivity index (χ1) is 14.2. The largest absolute Gasteiger partial charge is 0.520 e. The minimum Gasteiger partial charge on any atom is -0.520 e. The summed E-state index contributed by atoms with van der Waals surface area (Å²) in [5.74, 6) is -0.365. The van der Waals surface area contributed by atoms with Gasteiger partial charge in [-0.3, -0.25) is 4.79 Å². The molecule has 2 amide bonds. The van der Waals surface area contributed by atoms with Crippen molar-refractivity contribution < 1.29 is 47.4 Å². The van der Waals surface area contributed by atoms with Crippen LogP contribution in [0, 0.1) is 6.07 Å². The third-order valence-corrected chi connectivity index (χ3v) is 3.88. The number of H-pyrrole nitrogens is 1. The third-order valence-electron chi connectivity index (χ3n) is 3.88. The summed E-state index contributed by atoms with van der Waals surface area (Å²) in [5, 5.41) is 14.6. The van der Waals surface area contributed by atoms with Gasteiger partial charge in [0, 0.05) is 39.3 Å². The quantitative estimate of drug-likeness (QED) is 0.340. The van der Waals surface area contributed by atoms with Crippen molar-refractivity contribution >= 4 is 23.2 Å². The van der Waals surface area contributed by atoms with Gasteiger partial charge in [-0.15, -0.1) is 23.6 Å². The zero-order valence-corrected chi connectivity index (χ0v) is 20.7. The number of aromatic amines is 1. The van der Waals surface area contributed by atoms with Crippen LogP contribution in [0.2, 0.25) is 0 Å². The number of aliphatic hydroxyl groups excluding tert-OH is 1. The number of carbonyl (C=O) groups excluding carboxylic acids is 2. The van der Waals surface area contributed by atoms with Crippen molar-refractivity contribution in [2.75, 3.05) is 6.54 Å². The SMILES string of the molecule is CC.CC.O=[C-]NC1C(=O)NCC1O.[Y].[c-]1c(-c2ccccc2)[nH]c2ccccc12. The van der Waals surface area contributed by atoms with Crippen molar-refractivity contribution in [3.8, 4) is 11.3 Å². The summed E-state index contributed by atoms with van der Waals surface area (Å²) in [6, 6.07) is 21.0. The number of carbonyl (C=O) groups is 1. The van der Waals surface area contributed by atoms with Gasteiger partial charge in [0.1, 0.15) is 6.04 Å². The van der Waals surface area contributed by atoms with E-state index >= 15 is 0 Å². The van der Waals surface area contributed by atoms with Crippen LogP contribution >= 0.6 is 0 Å². The Morgan fingerprint density at radius 1 is 1.03 bits per heavy atom. The third kappa shape index (κ3) is 8.02. The van der Waals surface area contributed by atoms with Crippen molar-refractivity contribution in [2.45, 2.75) is 39.8 Å². The van der Waals surface area contributed by atoms with E-state index in [0.29, 0.717) is 0 Å². The van der Waals surface area contributed by atoms with Gasteiger partial charge in [-0.25, -0.2) is 0 Å². The molecule has 2 aromatic carbocycles. The van der Waals surface area contributed by atoms with Crippen LogP contribution in [0.3, 0.4) is 0 Å². The predicted octanol–water partition coefficient (Wildman–Crippen LogP) is 3.19. The van der Waals surface area contributed by atoms with Crippen molar-refractivity contribution in [3.63, 3.8) is 0 Å². The molecule has 1 saturated heterocycles. The number of β-amino-alcohol motifs (C(OH)–C–C–N with tert-alkyl or cyclic N) is 1. The Balaban J connectivity index is 0.000000494. The van der Waals surface area contributed by atoms with Crippen LogP contribution in [-0.2, 0) is 42.3 Å². The number of aliphatic hydroxyl groups is 1. The summed E-state index contributed by atoms with van der Waals surface area (Å²) >= 11 is 0. The van der Waals surface area contributed by atoms with Crippen molar-refractivity contribution in [1.82, 2.24) is 15.6 Å². The molecule has 4 N–H and O–H groups in total. The number of fused-ring (bicyclic) bond motifs is 1. The van der Waals surface area contributed by atoms with E-state index in [1.165, 1.54) is 12.0 Å². The van der Waals surface area contributed by atoms with Gasteiger partial charge in [0.2, 0.25) is 5.91 Å². The van der Waals surface area contributed by atoms with Gasteiger partial charge >= 0.3 is 0 Å². The molecule has 2 atom stereocenters. The number of aromatic nitrogens is 1. The first kappa shape index (κ1) is 28.0. The van der Waals surface area contributed by atoms with E-state index in [1.54, 1.807) is 0 Å². The normalized spacial score (nSPS) is 16.2. The standard InChI is InChI=1S/C14H10N.C5H7N2O3.2C2H6.Y/c1-2-6-11(7-3-1)14-10-12-8-4-5-9-13(12)15-14;8-2-7-4-3(9)1-6-5(4)10;2*1-2;/h1-9,15H;3-4,9H,1H2,(H,6,10)(H,7,8);2*1-2H3;/q2*-1;;;. The monoisotopic (exact) mass is 484 g/mol. The molecule has 1 aliphatic heterocycles. The number of amides is 2. The molecule has 0 aliphatic carbocycles. The molecule has 1 fully saturated rings. The van der Waals surface area contributed by atoms with E-state index in [2.05, 4.69) is 45.9 Å². The number of nitrogens with one attached hydrogen (secondary N) is 3. The van der Waals surface area contributed by atoms with Crippen LogP contribution < -0.4 is 10.6 Å². The predicted molar refractivity (Wildman–Crippen MR) is 117 cm³/mol. The van der Waals surface area contributed by atoms with Crippen LogP contribution in [0.4, 0.5) is 0 Å². The second-order valence-corrected chi connectivity index (χ2v) is 5.57. The smallest absolute Gasteiger partial charge is 0.242 e. The molecular formula is C23H29N3O3Y-2. The summed E-state index contributed by atoms with van der Waals surface area (Å²) in [7, 11) is 0. The molecule has 0 spiro atoms. The zero-order chi connectivity index (χ0) is 21.6. The summed E-state index contributed by atoms with van der Waals surface area (Å²) in [6.07, 6.45) is 0.525. The molecule has 3 aromatic rings. The molecule has 2 unspecified atom stereocenters. The summed E-state index contributed by atoms with van der Waals surface area (Å²) in [5.41, 5.74) is 3.36. The second-order valence-electron chi connectivity index (χ2n) is 5.57. The maximum absolute atomic E-state index is 10.7. The zero-order valence-electron chi connectivity index (χ0n) is 17.9. The minimum atomic E-state index is -0.825. The van der Waals surface area contributed by atoms with Crippen LogP contribution in [0.5, 0.6) is 0 Å². The van der Waals surface area contributed by atoms with Gasteiger partial charge in [-0.05, 0) is 11.2 Å². The molecule has 0 bridgehead atoms. The Kier molecular flexibility index (Phi) is 14.7. The number of hydrogen-bond donors (Lipinski definition) is 4. The molecule has 1 radical (unpaired) electrons. The number of para-hydroxylation sites is 1. The summed E-state index contributed by atoms with van der Waals surface area (Å²) in [6.45, 7) is 8.19.